The van der Waals surface area contributed by atoms with Crippen molar-refractivity contribution in [2.24, 2.45) is 11.7 Å². The SMILES string of the molecule is CC(=O)OCn1c(=O)ccn([C@@H]2O[C@](F)(COC(=O)[C@@H](N)C(C)C)[C@@H](O)[C@H]2O)c1=O. The molecular formula is C17H24FN3O9. The predicted octanol–water partition coefficient (Wildman–Crippen LogP) is -2.03. The molecule has 13 heteroatoms. The number of ether oxygens (including phenoxy) is 3. The summed E-state index contributed by atoms with van der Waals surface area (Å²) in [6.45, 7) is 2.55. The zero-order valence-electron chi connectivity index (χ0n) is 16.6. The molecule has 0 bridgehead atoms. The second-order valence-corrected chi connectivity index (χ2v) is 7.14. The van der Waals surface area contributed by atoms with E-state index in [1.54, 1.807) is 13.8 Å². The van der Waals surface area contributed by atoms with Crippen LogP contribution in [-0.4, -0.2) is 62.0 Å². The van der Waals surface area contributed by atoms with Gasteiger partial charge in [0.05, 0.1) is 0 Å². The summed E-state index contributed by atoms with van der Waals surface area (Å²) in [5, 5.41) is 20.3. The van der Waals surface area contributed by atoms with Crippen molar-refractivity contribution in [2.75, 3.05) is 6.61 Å². The lowest BCUT2D eigenvalue weighted by Gasteiger charge is -2.24. The van der Waals surface area contributed by atoms with E-state index in [1.807, 2.05) is 0 Å². The highest BCUT2D eigenvalue weighted by molar-refractivity contribution is 5.75. The molecular weight excluding hydrogens is 409 g/mol. The maximum atomic E-state index is 15.1. The summed E-state index contributed by atoms with van der Waals surface area (Å²) in [6, 6.07) is -0.145. The summed E-state index contributed by atoms with van der Waals surface area (Å²) in [5.41, 5.74) is 3.69. The number of esters is 2. The number of halogens is 1. The van der Waals surface area contributed by atoms with Gasteiger partial charge < -0.3 is 30.2 Å². The van der Waals surface area contributed by atoms with E-state index in [0.29, 0.717) is 9.13 Å². The molecule has 1 aromatic rings. The molecule has 0 unspecified atom stereocenters. The Kier molecular flexibility index (Phi) is 7.13. The van der Waals surface area contributed by atoms with Crippen LogP contribution >= 0.6 is 0 Å². The van der Waals surface area contributed by atoms with Crippen molar-refractivity contribution in [3.8, 4) is 0 Å². The van der Waals surface area contributed by atoms with E-state index in [1.165, 1.54) is 0 Å². The Morgan fingerprint density at radius 3 is 2.53 bits per heavy atom. The van der Waals surface area contributed by atoms with Gasteiger partial charge in [-0.15, -0.1) is 0 Å². The average molecular weight is 433 g/mol. The number of rotatable bonds is 7. The van der Waals surface area contributed by atoms with Crippen LogP contribution in [0.5, 0.6) is 0 Å². The molecule has 0 aromatic carbocycles. The van der Waals surface area contributed by atoms with E-state index >= 15 is 4.39 Å². The summed E-state index contributed by atoms with van der Waals surface area (Å²) in [5.74, 6) is -5.04. The first-order valence-electron chi connectivity index (χ1n) is 8.99. The molecule has 1 aliphatic rings. The number of carbonyl (C=O) groups is 2. The Bertz CT molecular complexity index is 914. The average Bonchev–Trinajstić information content (AvgIpc) is 2.89. The fraction of sp³-hybridized carbons (Fsp3) is 0.647. The highest BCUT2D eigenvalue weighted by Crippen LogP contribution is 2.38. The van der Waals surface area contributed by atoms with Crippen LogP contribution in [0.4, 0.5) is 4.39 Å². The number of nitrogens with zero attached hydrogens (tertiary/aromatic N) is 2. The van der Waals surface area contributed by atoms with Gasteiger partial charge >= 0.3 is 17.6 Å². The fourth-order valence-corrected chi connectivity index (χ4v) is 2.63. The van der Waals surface area contributed by atoms with Crippen molar-refractivity contribution in [3.05, 3.63) is 33.1 Å². The smallest absolute Gasteiger partial charge is 0.335 e. The lowest BCUT2D eigenvalue weighted by Crippen LogP contribution is -2.46. The van der Waals surface area contributed by atoms with Crippen LogP contribution in [0.1, 0.15) is 27.0 Å². The lowest BCUT2D eigenvalue weighted by atomic mass is 10.1. The number of hydrogen-bond acceptors (Lipinski definition) is 10. The van der Waals surface area contributed by atoms with E-state index in [4.69, 9.17) is 15.2 Å². The van der Waals surface area contributed by atoms with Gasteiger partial charge in [0.15, 0.2) is 19.6 Å². The van der Waals surface area contributed by atoms with Gasteiger partial charge in [-0.05, 0) is 5.92 Å². The number of hydrogen-bond donors (Lipinski definition) is 3. The first-order chi connectivity index (χ1) is 13.9. The Hall–Kier alpha value is -2.61. The third-order valence-corrected chi connectivity index (χ3v) is 4.54. The van der Waals surface area contributed by atoms with Gasteiger partial charge in [0.1, 0.15) is 18.2 Å². The van der Waals surface area contributed by atoms with Crippen LogP contribution in [0, 0.1) is 5.92 Å². The van der Waals surface area contributed by atoms with Gasteiger partial charge in [0, 0.05) is 19.2 Å². The second kappa shape index (κ2) is 9.04. The Balaban J connectivity index is 2.25. The van der Waals surface area contributed by atoms with E-state index in [2.05, 4.69) is 4.74 Å². The van der Waals surface area contributed by atoms with Crippen LogP contribution in [0.3, 0.4) is 0 Å². The summed E-state index contributed by atoms with van der Waals surface area (Å²) < 4.78 is 30.6. The van der Waals surface area contributed by atoms with Gasteiger partial charge in [-0.1, -0.05) is 13.8 Å². The predicted molar refractivity (Wildman–Crippen MR) is 96.5 cm³/mol. The van der Waals surface area contributed by atoms with Gasteiger partial charge in [-0.3, -0.25) is 19.0 Å². The molecule has 0 radical (unpaired) electrons. The molecule has 0 aliphatic carbocycles. The van der Waals surface area contributed by atoms with Gasteiger partial charge in [0.2, 0.25) is 0 Å². The molecule has 1 aliphatic heterocycles. The maximum absolute atomic E-state index is 15.1. The Labute approximate surface area is 169 Å². The molecule has 5 atom stereocenters. The molecule has 2 rings (SSSR count). The number of nitrogens with two attached hydrogens (primary N) is 1. The molecule has 4 N–H and O–H groups in total. The number of aliphatic hydroxyl groups excluding tert-OH is 2. The van der Waals surface area contributed by atoms with Crippen molar-refractivity contribution in [2.45, 2.75) is 57.8 Å². The summed E-state index contributed by atoms with van der Waals surface area (Å²) in [4.78, 5) is 47.1. The number of carbonyl (C=O) groups excluding carboxylic acids is 2. The largest absolute Gasteiger partial charge is 0.458 e. The van der Waals surface area contributed by atoms with Crippen molar-refractivity contribution >= 4 is 11.9 Å². The van der Waals surface area contributed by atoms with E-state index in [9.17, 15) is 29.4 Å². The van der Waals surface area contributed by atoms with Crippen LogP contribution < -0.4 is 17.0 Å². The molecule has 1 saturated heterocycles. The monoisotopic (exact) mass is 433 g/mol. The second-order valence-electron chi connectivity index (χ2n) is 7.14. The minimum Gasteiger partial charge on any atom is -0.458 e. The normalized spacial score (nSPS) is 27.1. The molecule has 1 fully saturated rings. The topological polar surface area (TPSA) is 172 Å². The number of aliphatic hydroxyl groups is 2. The number of alkyl halides is 1. The quantitative estimate of drug-likeness (QED) is 0.407. The van der Waals surface area contributed by atoms with Crippen molar-refractivity contribution in [1.82, 2.24) is 9.13 Å². The zero-order chi connectivity index (χ0) is 22.8. The molecule has 168 valence electrons. The first kappa shape index (κ1) is 23.7. The van der Waals surface area contributed by atoms with Crippen molar-refractivity contribution in [1.29, 1.82) is 0 Å². The molecule has 0 amide bonds. The van der Waals surface area contributed by atoms with Crippen molar-refractivity contribution in [3.63, 3.8) is 0 Å². The summed E-state index contributed by atoms with van der Waals surface area (Å²) in [6.07, 6.45) is -4.99. The maximum Gasteiger partial charge on any atom is 0.335 e. The molecule has 0 saturated carbocycles. The molecule has 2 heterocycles. The fourth-order valence-electron chi connectivity index (χ4n) is 2.63. The van der Waals surface area contributed by atoms with E-state index < -0.39 is 66.9 Å². The van der Waals surface area contributed by atoms with Crippen LogP contribution in [0.25, 0.3) is 0 Å². The van der Waals surface area contributed by atoms with Gasteiger partial charge in [-0.25, -0.2) is 13.8 Å². The van der Waals surface area contributed by atoms with E-state index in [-0.39, 0.29) is 5.92 Å². The van der Waals surface area contributed by atoms with Crippen LogP contribution in [-0.2, 0) is 30.5 Å². The first-order valence-corrected chi connectivity index (χ1v) is 8.99. The summed E-state index contributed by atoms with van der Waals surface area (Å²) >= 11 is 0. The summed E-state index contributed by atoms with van der Waals surface area (Å²) in [7, 11) is 0. The van der Waals surface area contributed by atoms with Crippen molar-refractivity contribution < 1.29 is 38.4 Å². The standard InChI is InChI=1S/C17H24FN3O9/c1-8(2)11(19)15(26)28-6-17(18)13(25)12(24)14(30-17)20-5-4-10(23)21(16(20)27)7-29-9(3)22/h4-5,8,11-14,24-25H,6-7,19H2,1-3H3/t11-,12+,13-,14+,17+/m0/s1. The number of aromatic nitrogens is 2. The zero-order valence-corrected chi connectivity index (χ0v) is 16.6. The Morgan fingerprint density at radius 2 is 1.97 bits per heavy atom. The van der Waals surface area contributed by atoms with Crippen LogP contribution in [0.15, 0.2) is 21.9 Å². The molecule has 0 spiro atoms. The Morgan fingerprint density at radius 1 is 1.33 bits per heavy atom. The van der Waals surface area contributed by atoms with Crippen LogP contribution in [0.2, 0.25) is 0 Å². The molecule has 12 nitrogen and oxygen atoms in total. The highest BCUT2D eigenvalue weighted by Gasteiger charge is 2.57. The molecule has 1 aromatic heterocycles. The molecule has 30 heavy (non-hydrogen) atoms. The lowest BCUT2D eigenvalue weighted by molar-refractivity contribution is -0.217. The third-order valence-electron chi connectivity index (χ3n) is 4.54. The van der Waals surface area contributed by atoms with E-state index in [0.717, 1.165) is 19.2 Å². The third kappa shape index (κ3) is 4.75. The van der Waals surface area contributed by atoms with Gasteiger partial charge in [0.25, 0.3) is 11.4 Å². The van der Waals surface area contributed by atoms with Gasteiger partial charge in [-0.2, -0.15) is 0 Å². The minimum atomic E-state index is -3.05. The highest BCUT2D eigenvalue weighted by atomic mass is 19.2. The minimum absolute atomic E-state index is 0.294.